The minimum Gasteiger partial charge on any atom is -0.376 e. The average Bonchev–Trinajstić information content (AvgIpc) is 2.62. The highest BCUT2D eigenvalue weighted by Crippen LogP contribution is 2.32. The molecule has 1 aliphatic rings. The van der Waals surface area contributed by atoms with Crippen molar-refractivity contribution in [2.45, 2.75) is 25.1 Å². The molecule has 0 spiro atoms. The van der Waals surface area contributed by atoms with Crippen LogP contribution in [0.25, 0.3) is 0 Å². The van der Waals surface area contributed by atoms with Crippen molar-refractivity contribution >= 4 is 12.4 Å². The van der Waals surface area contributed by atoms with Crippen molar-refractivity contribution < 1.29 is 22.3 Å². The summed E-state index contributed by atoms with van der Waals surface area (Å²) in [5.41, 5.74) is 0.907. The Bertz CT molecular complexity index is 721. The van der Waals surface area contributed by atoms with Crippen LogP contribution in [0.5, 0.6) is 0 Å². The first-order chi connectivity index (χ1) is 12.4. The van der Waals surface area contributed by atoms with Gasteiger partial charge in [-0.25, -0.2) is 4.39 Å². The summed E-state index contributed by atoms with van der Waals surface area (Å²) in [4.78, 5) is 0. The minimum absolute atomic E-state index is 0. The van der Waals surface area contributed by atoms with Gasteiger partial charge in [0.05, 0.1) is 18.8 Å². The average molecular weight is 404 g/mol. The van der Waals surface area contributed by atoms with Crippen LogP contribution in [0.3, 0.4) is 0 Å². The molecule has 0 radical (unpaired) electrons. The summed E-state index contributed by atoms with van der Waals surface area (Å²) in [6.07, 6.45) is -3.43. The molecule has 1 saturated heterocycles. The smallest absolute Gasteiger partial charge is 0.376 e. The van der Waals surface area contributed by atoms with E-state index in [4.69, 9.17) is 4.74 Å². The van der Waals surface area contributed by atoms with E-state index in [1.54, 1.807) is 18.2 Å². The number of ether oxygens (including phenoxy) is 1. The fraction of sp³-hybridized carbons (Fsp3) is 0.400. The normalized spacial score (nSPS) is 20.1. The lowest BCUT2D eigenvalue weighted by molar-refractivity contribution is -0.137. The predicted molar refractivity (Wildman–Crippen MR) is 98.5 cm³/mol. The first-order valence-electron chi connectivity index (χ1n) is 8.63. The van der Waals surface area contributed by atoms with Gasteiger partial charge < -0.3 is 10.1 Å². The standard InChI is InChI=1S/C20H21F4NO.ClH/c21-18-6-4-15(5-7-18)19-8-9-25-11-16(19)13-26-12-14-2-1-3-17(10-14)20(22,23)24;/h1-7,10,16,19,25H,8-9,11-13H2;1H/t16-,19-;/m0./s1. The van der Waals surface area contributed by atoms with Gasteiger partial charge in [-0.2, -0.15) is 13.2 Å². The van der Waals surface area contributed by atoms with Crippen molar-refractivity contribution in [1.82, 2.24) is 5.32 Å². The summed E-state index contributed by atoms with van der Waals surface area (Å²) >= 11 is 0. The van der Waals surface area contributed by atoms with Crippen LogP contribution in [0.1, 0.15) is 29.0 Å². The van der Waals surface area contributed by atoms with Crippen molar-refractivity contribution in [3.05, 3.63) is 71.0 Å². The highest BCUT2D eigenvalue weighted by molar-refractivity contribution is 5.85. The lowest BCUT2D eigenvalue weighted by Gasteiger charge is -2.32. The van der Waals surface area contributed by atoms with Gasteiger partial charge in [-0.1, -0.05) is 24.3 Å². The van der Waals surface area contributed by atoms with E-state index in [1.165, 1.54) is 18.2 Å². The van der Waals surface area contributed by atoms with Gasteiger partial charge in [0, 0.05) is 12.5 Å². The summed E-state index contributed by atoms with van der Waals surface area (Å²) in [5.74, 6) is 0.179. The first-order valence-corrected chi connectivity index (χ1v) is 8.63. The minimum atomic E-state index is -4.35. The van der Waals surface area contributed by atoms with E-state index in [2.05, 4.69) is 5.32 Å². The number of hydrogen-bond donors (Lipinski definition) is 1. The molecular weight excluding hydrogens is 382 g/mol. The fourth-order valence-corrected chi connectivity index (χ4v) is 3.41. The molecule has 2 atom stereocenters. The van der Waals surface area contributed by atoms with E-state index in [9.17, 15) is 17.6 Å². The number of alkyl halides is 3. The Hall–Kier alpha value is -1.63. The van der Waals surface area contributed by atoms with Crippen LogP contribution in [0.4, 0.5) is 17.6 Å². The predicted octanol–water partition coefficient (Wildman–Crippen LogP) is 5.18. The van der Waals surface area contributed by atoms with Crippen LogP contribution in [-0.4, -0.2) is 19.7 Å². The molecule has 0 aliphatic carbocycles. The number of piperidine rings is 1. The lowest BCUT2D eigenvalue weighted by Crippen LogP contribution is -2.37. The fourth-order valence-electron chi connectivity index (χ4n) is 3.41. The zero-order valence-electron chi connectivity index (χ0n) is 14.6. The lowest BCUT2D eigenvalue weighted by atomic mass is 9.81. The number of halogens is 5. The number of benzene rings is 2. The van der Waals surface area contributed by atoms with E-state index in [-0.39, 0.29) is 36.7 Å². The van der Waals surface area contributed by atoms with Gasteiger partial charge in [0.25, 0.3) is 0 Å². The summed E-state index contributed by atoms with van der Waals surface area (Å²) in [7, 11) is 0. The number of hydrogen-bond acceptors (Lipinski definition) is 2. The molecule has 148 valence electrons. The molecule has 27 heavy (non-hydrogen) atoms. The summed E-state index contributed by atoms with van der Waals surface area (Å²) in [6, 6.07) is 11.7. The molecule has 1 N–H and O–H groups in total. The van der Waals surface area contributed by atoms with E-state index < -0.39 is 11.7 Å². The van der Waals surface area contributed by atoms with Crippen LogP contribution in [0, 0.1) is 11.7 Å². The zero-order chi connectivity index (χ0) is 18.6. The second-order valence-electron chi connectivity index (χ2n) is 6.62. The molecule has 2 aromatic rings. The molecule has 0 saturated carbocycles. The second kappa shape index (κ2) is 9.53. The SMILES string of the molecule is Cl.Fc1ccc([C@@H]2CCNC[C@H]2COCc2cccc(C(F)(F)F)c2)cc1. The maximum Gasteiger partial charge on any atom is 0.416 e. The van der Waals surface area contributed by atoms with Crippen LogP contribution in [-0.2, 0) is 17.5 Å². The quantitative estimate of drug-likeness (QED) is 0.695. The van der Waals surface area contributed by atoms with Gasteiger partial charge in [0.1, 0.15) is 5.82 Å². The zero-order valence-corrected chi connectivity index (χ0v) is 15.5. The maximum atomic E-state index is 13.1. The number of nitrogens with one attached hydrogen (secondary N) is 1. The Labute approximate surface area is 162 Å². The molecule has 0 aromatic heterocycles. The third-order valence-electron chi connectivity index (χ3n) is 4.76. The van der Waals surface area contributed by atoms with Crippen LogP contribution < -0.4 is 5.32 Å². The molecule has 0 bridgehead atoms. The number of rotatable bonds is 5. The van der Waals surface area contributed by atoms with Gasteiger partial charge in [-0.05, 0) is 54.3 Å². The van der Waals surface area contributed by atoms with Crippen molar-refractivity contribution in [2.24, 2.45) is 5.92 Å². The monoisotopic (exact) mass is 403 g/mol. The van der Waals surface area contributed by atoms with Crippen molar-refractivity contribution in [1.29, 1.82) is 0 Å². The van der Waals surface area contributed by atoms with Crippen LogP contribution in [0.2, 0.25) is 0 Å². The largest absolute Gasteiger partial charge is 0.416 e. The highest BCUT2D eigenvalue weighted by atomic mass is 35.5. The van der Waals surface area contributed by atoms with E-state index in [0.717, 1.165) is 37.2 Å². The molecule has 1 heterocycles. The molecule has 1 fully saturated rings. The topological polar surface area (TPSA) is 21.3 Å². The van der Waals surface area contributed by atoms with E-state index in [0.29, 0.717) is 12.2 Å². The van der Waals surface area contributed by atoms with Crippen molar-refractivity contribution in [2.75, 3.05) is 19.7 Å². The van der Waals surface area contributed by atoms with E-state index >= 15 is 0 Å². The van der Waals surface area contributed by atoms with Crippen molar-refractivity contribution in [3.63, 3.8) is 0 Å². The van der Waals surface area contributed by atoms with Crippen LogP contribution >= 0.6 is 12.4 Å². The Kier molecular flexibility index (Phi) is 7.65. The van der Waals surface area contributed by atoms with Gasteiger partial charge >= 0.3 is 6.18 Å². The molecule has 1 aliphatic heterocycles. The summed E-state index contributed by atoms with van der Waals surface area (Å²) in [5, 5.41) is 3.32. The third-order valence-corrected chi connectivity index (χ3v) is 4.76. The van der Waals surface area contributed by atoms with Crippen LogP contribution in [0.15, 0.2) is 48.5 Å². The Morgan fingerprint density at radius 1 is 1.07 bits per heavy atom. The van der Waals surface area contributed by atoms with Gasteiger partial charge in [-0.15, -0.1) is 12.4 Å². The van der Waals surface area contributed by atoms with Crippen molar-refractivity contribution in [3.8, 4) is 0 Å². The molecule has 0 amide bonds. The molecular formula is C20H22ClF4NO. The summed E-state index contributed by atoms with van der Waals surface area (Å²) < 4.78 is 57.2. The maximum absolute atomic E-state index is 13.1. The Balaban J connectivity index is 0.00000261. The van der Waals surface area contributed by atoms with Gasteiger partial charge in [0.2, 0.25) is 0 Å². The molecule has 3 rings (SSSR count). The molecule has 7 heteroatoms. The van der Waals surface area contributed by atoms with Gasteiger partial charge in [-0.3, -0.25) is 0 Å². The Morgan fingerprint density at radius 2 is 1.81 bits per heavy atom. The molecule has 2 aromatic carbocycles. The summed E-state index contributed by atoms with van der Waals surface area (Å²) in [6.45, 7) is 2.22. The Morgan fingerprint density at radius 3 is 2.52 bits per heavy atom. The molecule has 2 nitrogen and oxygen atoms in total. The molecule has 0 unspecified atom stereocenters. The first kappa shape index (κ1) is 21.7. The van der Waals surface area contributed by atoms with E-state index in [1.807, 2.05) is 0 Å². The second-order valence-corrected chi connectivity index (χ2v) is 6.62. The van der Waals surface area contributed by atoms with Gasteiger partial charge in [0.15, 0.2) is 0 Å². The third kappa shape index (κ3) is 5.92. The highest BCUT2D eigenvalue weighted by Gasteiger charge is 2.30.